The molecule has 0 amide bonds. The topological polar surface area (TPSA) is 12.0 Å². The molecule has 1 aliphatic heterocycles. The standard InChI is InChI=1S/C12H14ClF2N/c13-12-9(5-10(14)6-11(12)15)4-8-2-1-3-16-7-8/h5-6,8,16H,1-4,7H2. The minimum atomic E-state index is -0.666. The van der Waals surface area contributed by atoms with Gasteiger partial charge in [-0.2, -0.15) is 0 Å². The molecular formula is C12H14ClF2N. The fourth-order valence-corrected chi connectivity index (χ4v) is 2.35. The predicted octanol–water partition coefficient (Wildman–Crippen LogP) is 3.16. The average molecular weight is 246 g/mol. The third kappa shape index (κ3) is 2.71. The van der Waals surface area contributed by atoms with E-state index < -0.39 is 11.6 Å². The fraction of sp³-hybridized carbons (Fsp3) is 0.500. The van der Waals surface area contributed by atoms with Crippen molar-refractivity contribution in [2.45, 2.75) is 19.3 Å². The summed E-state index contributed by atoms with van der Waals surface area (Å²) >= 11 is 5.82. The van der Waals surface area contributed by atoms with Crippen LogP contribution in [0, 0.1) is 17.6 Å². The first-order valence-corrected chi connectivity index (χ1v) is 5.89. The Morgan fingerprint density at radius 1 is 1.38 bits per heavy atom. The molecule has 0 radical (unpaired) electrons. The Morgan fingerprint density at radius 2 is 2.19 bits per heavy atom. The highest BCUT2D eigenvalue weighted by Gasteiger charge is 2.17. The molecule has 1 aromatic rings. The number of nitrogens with one attached hydrogen (secondary N) is 1. The first kappa shape index (κ1) is 11.8. The smallest absolute Gasteiger partial charge is 0.144 e. The molecule has 0 aromatic heterocycles. The van der Waals surface area contributed by atoms with Crippen LogP contribution in [0.3, 0.4) is 0 Å². The molecule has 1 unspecified atom stereocenters. The van der Waals surface area contributed by atoms with E-state index in [9.17, 15) is 8.78 Å². The largest absolute Gasteiger partial charge is 0.316 e. The van der Waals surface area contributed by atoms with Gasteiger partial charge in [0.25, 0.3) is 0 Å². The van der Waals surface area contributed by atoms with Gasteiger partial charge < -0.3 is 5.32 Å². The molecule has 0 saturated carbocycles. The summed E-state index contributed by atoms with van der Waals surface area (Å²) < 4.78 is 26.3. The monoisotopic (exact) mass is 245 g/mol. The second kappa shape index (κ2) is 5.11. The van der Waals surface area contributed by atoms with Crippen molar-refractivity contribution in [2.75, 3.05) is 13.1 Å². The second-order valence-corrected chi connectivity index (χ2v) is 4.66. The van der Waals surface area contributed by atoms with Crippen LogP contribution in [0.2, 0.25) is 5.02 Å². The van der Waals surface area contributed by atoms with Crippen molar-refractivity contribution in [2.24, 2.45) is 5.92 Å². The summed E-state index contributed by atoms with van der Waals surface area (Å²) in [6.07, 6.45) is 2.84. The van der Waals surface area contributed by atoms with Gasteiger partial charge in [-0.1, -0.05) is 11.6 Å². The van der Waals surface area contributed by atoms with Gasteiger partial charge in [-0.05, 0) is 49.9 Å². The third-order valence-corrected chi connectivity index (χ3v) is 3.40. The molecule has 1 heterocycles. The van der Waals surface area contributed by atoms with Crippen LogP contribution in [-0.4, -0.2) is 13.1 Å². The minimum absolute atomic E-state index is 0.0620. The highest BCUT2D eigenvalue weighted by molar-refractivity contribution is 6.31. The fourth-order valence-electron chi connectivity index (χ4n) is 2.17. The Morgan fingerprint density at radius 3 is 2.88 bits per heavy atom. The van der Waals surface area contributed by atoms with Crippen molar-refractivity contribution >= 4 is 11.6 Å². The van der Waals surface area contributed by atoms with Gasteiger partial charge in [0, 0.05) is 6.07 Å². The predicted molar refractivity (Wildman–Crippen MR) is 60.7 cm³/mol. The molecule has 1 aliphatic rings. The molecule has 2 rings (SSSR count). The highest BCUT2D eigenvalue weighted by Crippen LogP contribution is 2.26. The molecule has 4 heteroatoms. The van der Waals surface area contributed by atoms with E-state index in [-0.39, 0.29) is 5.02 Å². The van der Waals surface area contributed by atoms with Crippen molar-refractivity contribution in [3.63, 3.8) is 0 Å². The quantitative estimate of drug-likeness (QED) is 0.790. The molecule has 1 saturated heterocycles. The van der Waals surface area contributed by atoms with E-state index in [2.05, 4.69) is 5.32 Å². The third-order valence-electron chi connectivity index (χ3n) is 2.98. The number of rotatable bonds is 2. The molecule has 0 aliphatic carbocycles. The summed E-state index contributed by atoms with van der Waals surface area (Å²) in [4.78, 5) is 0. The molecule has 1 nitrogen and oxygen atoms in total. The van der Waals surface area contributed by atoms with Gasteiger partial charge in [0.1, 0.15) is 11.6 Å². The first-order chi connectivity index (χ1) is 7.66. The van der Waals surface area contributed by atoms with Crippen LogP contribution in [-0.2, 0) is 6.42 Å². The SMILES string of the molecule is Fc1cc(F)c(Cl)c(CC2CCCNC2)c1. The number of halogens is 3. The maximum absolute atomic E-state index is 13.2. The molecule has 1 N–H and O–H groups in total. The first-order valence-electron chi connectivity index (χ1n) is 5.51. The van der Waals surface area contributed by atoms with Gasteiger partial charge in [-0.3, -0.25) is 0 Å². The molecule has 88 valence electrons. The molecule has 1 fully saturated rings. The average Bonchev–Trinajstić information content (AvgIpc) is 2.27. The molecule has 0 bridgehead atoms. The molecule has 0 spiro atoms. The van der Waals surface area contributed by atoms with Crippen molar-refractivity contribution in [1.82, 2.24) is 5.32 Å². The van der Waals surface area contributed by atoms with Gasteiger partial charge in [0.05, 0.1) is 5.02 Å². The van der Waals surface area contributed by atoms with E-state index in [1.165, 1.54) is 6.07 Å². The zero-order chi connectivity index (χ0) is 11.5. The lowest BCUT2D eigenvalue weighted by atomic mass is 9.92. The van der Waals surface area contributed by atoms with Gasteiger partial charge in [-0.15, -0.1) is 0 Å². The van der Waals surface area contributed by atoms with Crippen LogP contribution >= 0.6 is 11.6 Å². The van der Waals surface area contributed by atoms with E-state index >= 15 is 0 Å². The van der Waals surface area contributed by atoms with Crippen LogP contribution in [0.4, 0.5) is 8.78 Å². The lowest BCUT2D eigenvalue weighted by molar-refractivity contribution is 0.375. The lowest BCUT2D eigenvalue weighted by Gasteiger charge is -2.23. The van der Waals surface area contributed by atoms with Crippen molar-refractivity contribution in [3.8, 4) is 0 Å². The van der Waals surface area contributed by atoms with Crippen LogP contribution < -0.4 is 5.32 Å². The van der Waals surface area contributed by atoms with Crippen molar-refractivity contribution < 1.29 is 8.78 Å². The zero-order valence-electron chi connectivity index (χ0n) is 8.90. The summed E-state index contributed by atoms with van der Waals surface area (Å²) in [6, 6.07) is 2.16. The van der Waals surface area contributed by atoms with Gasteiger partial charge in [-0.25, -0.2) is 8.78 Å². The van der Waals surface area contributed by atoms with Crippen molar-refractivity contribution in [3.05, 3.63) is 34.4 Å². The van der Waals surface area contributed by atoms with Gasteiger partial charge >= 0.3 is 0 Å². The van der Waals surface area contributed by atoms with E-state index in [1.807, 2.05) is 0 Å². The number of piperidine rings is 1. The molecule has 1 aromatic carbocycles. The second-order valence-electron chi connectivity index (χ2n) is 4.28. The summed E-state index contributed by atoms with van der Waals surface area (Å²) in [5, 5.41) is 3.34. The summed E-state index contributed by atoms with van der Waals surface area (Å²) in [5.41, 5.74) is 0.577. The number of hydrogen-bond acceptors (Lipinski definition) is 1. The lowest BCUT2D eigenvalue weighted by Crippen LogP contribution is -2.30. The van der Waals surface area contributed by atoms with Gasteiger partial charge in [0.15, 0.2) is 0 Å². The molecule has 1 atom stereocenters. The summed E-state index contributed by atoms with van der Waals surface area (Å²) in [7, 11) is 0. The van der Waals surface area contributed by atoms with E-state index in [4.69, 9.17) is 11.6 Å². The Kier molecular flexibility index (Phi) is 3.77. The van der Waals surface area contributed by atoms with Crippen LogP contribution in [0.1, 0.15) is 18.4 Å². The maximum atomic E-state index is 13.2. The zero-order valence-corrected chi connectivity index (χ0v) is 9.66. The highest BCUT2D eigenvalue weighted by atomic mass is 35.5. The van der Waals surface area contributed by atoms with E-state index in [0.29, 0.717) is 17.9 Å². The maximum Gasteiger partial charge on any atom is 0.144 e. The van der Waals surface area contributed by atoms with E-state index in [1.54, 1.807) is 0 Å². The summed E-state index contributed by atoms with van der Waals surface area (Å²) in [6.45, 7) is 1.93. The Balaban J connectivity index is 2.13. The number of benzene rings is 1. The van der Waals surface area contributed by atoms with Crippen LogP contribution in [0.25, 0.3) is 0 Å². The normalized spacial score (nSPS) is 21.1. The minimum Gasteiger partial charge on any atom is -0.316 e. The Bertz CT molecular complexity index is 376. The van der Waals surface area contributed by atoms with E-state index in [0.717, 1.165) is 32.0 Å². The Hall–Kier alpha value is -0.670. The number of hydrogen-bond donors (Lipinski definition) is 1. The van der Waals surface area contributed by atoms with Crippen LogP contribution in [0.15, 0.2) is 12.1 Å². The molecular weight excluding hydrogens is 232 g/mol. The van der Waals surface area contributed by atoms with Gasteiger partial charge in [0.2, 0.25) is 0 Å². The Labute approximate surface area is 98.8 Å². The van der Waals surface area contributed by atoms with Crippen LogP contribution in [0.5, 0.6) is 0 Å². The molecule has 16 heavy (non-hydrogen) atoms. The summed E-state index contributed by atoms with van der Waals surface area (Å²) in [5.74, 6) is -0.798. The van der Waals surface area contributed by atoms with Crippen molar-refractivity contribution in [1.29, 1.82) is 0 Å².